The summed E-state index contributed by atoms with van der Waals surface area (Å²) < 4.78 is 5.21. The van der Waals surface area contributed by atoms with E-state index in [2.05, 4.69) is 15.9 Å². The Hall–Kier alpha value is -0.410. The minimum atomic E-state index is 0.717. The molecule has 0 radical (unpaired) electrons. The van der Waals surface area contributed by atoms with Crippen LogP contribution in [0.4, 0.5) is 0 Å². The highest BCUT2D eigenvalue weighted by atomic mass is 79.9. The molecule has 0 N–H and O–H groups in total. The Morgan fingerprint density at radius 2 is 2.23 bits per heavy atom. The first kappa shape index (κ1) is 10.7. The summed E-state index contributed by atoms with van der Waals surface area (Å²) in [6, 6.07) is 6.00. The highest BCUT2D eigenvalue weighted by Gasteiger charge is 2.03. The van der Waals surface area contributed by atoms with Gasteiger partial charge in [-0.2, -0.15) is 0 Å². The van der Waals surface area contributed by atoms with Gasteiger partial charge in [-0.1, -0.05) is 40.3 Å². The quantitative estimate of drug-likeness (QED) is 0.468. The van der Waals surface area contributed by atoms with E-state index in [0.717, 1.165) is 21.7 Å². The summed E-state index contributed by atoms with van der Waals surface area (Å²) in [6.45, 7) is 2.01. The molecule has 0 aliphatic carbocycles. The van der Waals surface area contributed by atoms with E-state index >= 15 is 0 Å². The van der Waals surface area contributed by atoms with Crippen LogP contribution in [0.15, 0.2) is 18.2 Å². The van der Waals surface area contributed by atoms with Crippen LogP contribution in [0.25, 0.3) is 0 Å². The molecule has 0 saturated heterocycles. The van der Waals surface area contributed by atoms with Gasteiger partial charge in [-0.15, -0.1) is 0 Å². The van der Waals surface area contributed by atoms with Crippen LogP contribution < -0.4 is 4.74 Å². The van der Waals surface area contributed by atoms with Gasteiger partial charge < -0.3 is 4.74 Å². The monoisotopic (exact) mass is 258 g/mol. The average molecular weight is 259 g/mol. The summed E-state index contributed by atoms with van der Waals surface area (Å²) in [7, 11) is 1.67. The maximum absolute atomic E-state index is 5.21. The van der Waals surface area contributed by atoms with Crippen LogP contribution in [-0.2, 0) is 0 Å². The van der Waals surface area contributed by atoms with Crippen molar-refractivity contribution in [1.29, 1.82) is 0 Å². The third kappa shape index (κ3) is 2.51. The summed E-state index contributed by atoms with van der Waals surface area (Å²) in [5.74, 6) is 0.890. The van der Waals surface area contributed by atoms with E-state index in [4.69, 9.17) is 17.0 Å². The lowest BCUT2D eigenvalue weighted by atomic mass is 10.1. The zero-order valence-corrected chi connectivity index (χ0v) is 10.0. The maximum atomic E-state index is 5.21. The van der Waals surface area contributed by atoms with E-state index in [1.165, 1.54) is 0 Å². The number of alkyl halides is 1. The van der Waals surface area contributed by atoms with Crippen molar-refractivity contribution < 1.29 is 4.74 Å². The van der Waals surface area contributed by atoms with Gasteiger partial charge in [0, 0.05) is 10.2 Å². The Labute approximate surface area is 92.2 Å². The fourth-order valence-corrected chi connectivity index (χ4v) is 1.52. The van der Waals surface area contributed by atoms with E-state index in [1.54, 1.807) is 7.11 Å². The van der Waals surface area contributed by atoms with E-state index in [-0.39, 0.29) is 0 Å². The summed E-state index contributed by atoms with van der Waals surface area (Å²) >= 11 is 8.50. The normalized spacial score (nSPS) is 9.77. The number of ether oxygens (including phenoxy) is 1. The van der Waals surface area contributed by atoms with Crippen LogP contribution in [0.5, 0.6) is 5.75 Å². The van der Waals surface area contributed by atoms with E-state index in [1.807, 2.05) is 25.1 Å². The molecule has 1 rings (SSSR count). The molecule has 70 valence electrons. The fraction of sp³-hybridized carbons (Fsp3) is 0.300. The van der Waals surface area contributed by atoms with Crippen LogP contribution in [0.2, 0.25) is 0 Å². The standard InChI is InChI=1S/C10H11BrOS/c1-7-3-4-8(10(13)6-11)5-9(7)12-2/h3-5H,6H2,1-2H3. The molecule has 0 unspecified atom stereocenters. The van der Waals surface area contributed by atoms with Crippen LogP contribution >= 0.6 is 28.1 Å². The van der Waals surface area contributed by atoms with Gasteiger partial charge in [0.05, 0.1) is 7.11 Å². The van der Waals surface area contributed by atoms with Crippen molar-refractivity contribution >= 4 is 33.0 Å². The van der Waals surface area contributed by atoms with Crippen molar-refractivity contribution in [3.63, 3.8) is 0 Å². The van der Waals surface area contributed by atoms with Gasteiger partial charge in [0.1, 0.15) is 5.75 Å². The number of methoxy groups -OCH3 is 1. The topological polar surface area (TPSA) is 9.23 Å². The second-order valence-electron chi connectivity index (χ2n) is 2.74. The third-order valence-electron chi connectivity index (χ3n) is 1.85. The number of hydrogen-bond donors (Lipinski definition) is 0. The Balaban J connectivity index is 3.06. The van der Waals surface area contributed by atoms with Crippen LogP contribution in [0.1, 0.15) is 11.1 Å². The second-order valence-corrected chi connectivity index (χ2v) is 3.79. The van der Waals surface area contributed by atoms with Gasteiger partial charge >= 0.3 is 0 Å². The van der Waals surface area contributed by atoms with Crippen molar-refractivity contribution in [2.75, 3.05) is 12.4 Å². The molecular formula is C10H11BrOS. The second kappa shape index (κ2) is 4.72. The zero-order chi connectivity index (χ0) is 9.84. The molecule has 3 heteroatoms. The summed E-state index contributed by atoms with van der Waals surface area (Å²) in [6.07, 6.45) is 0. The minimum absolute atomic E-state index is 0.717. The predicted octanol–water partition coefficient (Wildman–Crippen LogP) is 3.12. The molecule has 0 aliphatic rings. The third-order valence-corrected chi connectivity index (χ3v) is 3.16. The largest absolute Gasteiger partial charge is 0.496 e. The Kier molecular flexibility index (Phi) is 3.88. The lowest BCUT2D eigenvalue weighted by Gasteiger charge is -2.06. The number of aryl methyl sites for hydroxylation is 1. The Bertz CT molecular complexity index is 323. The summed E-state index contributed by atoms with van der Waals surface area (Å²) in [5.41, 5.74) is 2.18. The molecule has 0 saturated carbocycles. The first-order valence-electron chi connectivity index (χ1n) is 3.93. The molecule has 0 atom stereocenters. The molecule has 0 aliphatic heterocycles. The zero-order valence-electron chi connectivity index (χ0n) is 7.63. The number of halogens is 1. The Morgan fingerprint density at radius 1 is 1.54 bits per heavy atom. The minimum Gasteiger partial charge on any atom is -0.496 e. The molecule has 0 heterocycles. The van der Waals surface area contributed by atoms with Crippen molar-refractivity contribution in [2.24, 2.45) is 0 Å². The molecular weight excluding hydrogens is 248 g/mol. The number of hydrogen-bond acceptors (Lipinski definition) is 2. The van der Waals surface area contributed by atoms with Crippen LogP contribution in [-0.4, -0.2) is 17.3 Å². The molecule has 0 spiro atoms. The van der Waals surface area contributed by atoms with Crippen molar-refractivity contribution in [3.8, 4) is 5.75 Å². The van der Waals surface area contributed by atoms with Gasteiger partial charge in [-0.05, 0) is 24.1 Å². The van der Waals surface area contributed by atoms with Crippen molar-refractivity contribution in [2.45, 2.75) is 6.92 Å². The SMILES string of the molecule is COc1cc(C(=S)CBr)ccc1C. The van der Waals surface area contributed by atoms with E-state index in [0.29, 0.717) is 5.33 Å². The molecule has 0 aromatic heterocycles. The lowest BCUT2D eigenvalue weighted by Crippen LogP contribution is -1.99. The highest BCUT2D eigenvalue weighted by Crippen LogP contribution is 2.19. The van der Waals surface area contributed by atoms with Gasteiger partial charge in [-0.3, -0.25) is 0 Å². The van der Waals surface area contributed by atoms with Gasteiger partial charge in [0.15, 0.2) is 0 Å². The first-order chi connectivity index (χ1) is 6.19. The number of thiocarbonyl (C=S) groups is 1. The fourth-order valence-electron chi connectivity index (χ4n) is 1.07. The van der Waals surface area contributed by atoms with E-state index in [9.17, 15) is 0 Å². The van der Waals surface area contributed by atoms with E-state index < -0.39 is 0 Å². The molecule has 0 amide bonds. The van der Waals surface area contributed by atoms with Gasteiger partial charge in [0.25, 0.3) is 0 Å². The molecule has 0 bridgehead atoms. The smallest absolute Gasteiger partial charge is 0.122 e. The lowest BCUT2D eigenvalue weighted by molar-refractivity contribution is 0.411. The molecule has 1 aromatic rings. The summed E-state index contributed by atoms with van der Waals surface area (Å²) in [5, 5.41) is 0.717. The first-order valence-corrected chi connectivity index (χ1v) is 5.46. The summed E-state index contributed by atoms with van der Waals surface area (Å²) in [4.78, 5) is 0.901. The Morgan fingerprint density at radius 3 is 2.77 bits per heavy atom. The average Bonchev–Trinajstić information content (AvgIpc) is 2.17. The molecule has 13 heavy (non-hydrogen) atoms. The van der Waals surface area contributed by atoms with Crippen LogP contribution in [0, 0.1) is 6.92 Å². The molecule has 0 fully saturated rings. The van der Waals surface area contributed by atoms with Gasteiger partial charge in [-0.25, -0.2) is 0 Å². The molecule has 1 nitrogen and oxygen atoms in total. The molecule has 1 aromatic carbocycles. The predicted molar refractivity (Wildman–Crippen MR) is 63.2 cm³/mol. The highest BCUT2D eigenvalue weighted by molar-refractivity contribution is 9.09. The van der Waals surface area contributed by atoms with Crippen molar-refractivity contribution in [1.82, 2.24) is 0 Å². The number of benzene rings is 1. The van der Waals surface area contributed by atoms with Crippen LogP contribution in [0.3, 0.4) is 0 Å². The maximum Gasteiger partial charge on any atom is 0.122 e. The number of rotatable bonds is 3. The van der Waals surface area contributed by atoms with Gasteiger partial charge in [0.2, 0.25) is 0 Å². The van der Waals surface area contributed by atoms with Crippen molar-refractivity contribution in [3.05, 3.63) is 29.3 Å².